The number of fused-ring (bicyclic) bond motifs is 2. The van der Waals surface area contributed by atoms with Crippen LogP contribution in [-0.4, -0.2) is 26.8 Å². The molecule has 2 aromatic heterocycles. The number of rotatable bonds is 5. The largest absolute Gasteiger partial charge is 0.454 e. The first-order valence-corrected chi connectivity index (χ1v) is 10.3. The Morgan fingerprint density at radius 3 is 2.70 bits per heavy atom. The van der Waals surface area contributed by atoms with Crippen LogP contribution in [0.25, 0.3) is 11.0 Å². The molecule has 5 rings (SSSR count). The van der Waals surface area contributed by atoms with E-state index in [-0.39, 0.29) is 31.3 Å². The van der Waals surface area contributed by atoms with E-state index < -0.39 is 11.2 Å². The van der Waals surface area contributed by atoms with Gasteiger partial charge in [-0.05, 0) is 48.4 Å². The summed E-state index contributed by atoms with van der Waals surface area (Å²) >= 11 is 0. The van der Waals surface area contributed by atoms with Crippen molar-refractivity contribution in [2.75, 3.05) is 12.1 Å². The van der Waals surface area contributed by atoms with Crippen molar-refractivity contribution in [1.29, 1.82) is 0 Å². The van der Waals surface area contributed by atoms with Gasteiger partial charge >= 0.3 is 5.69 Å². The number of amides is 1. The Bertz CT molecular complexity index is 1510. The van der Waals surface area contributed by atoms with Gasteiger partial charge in [0.05, 0.1) is 12.1 Å². The van der Waals surface area contributed by atoms with Gasteiger partial charge in [0.25, 0.3) is 5.56 Å². The average Bonchev–Trinajstić information content (AvgIpc) is 3.29. The summed E-state index contributed by atoms with van der Waals surface area (Å²) in [5.41, 5.74) is 1.53. The molecule has 0 atom stereocenters. The van der Waals surface area contributed by atoms with Gasteiger partial charge in [-0.1, -0.05) is 24.3 Å². The average molecular weight is 444 g/mol. The van der Waals surface area contributed by atoms with Crippen molar-refractivity contribution in [3.8, 4) is 11.5 Å². The minimum atomic E-state index is -0.599. The number of benzene rings is 2. The summed E-state index contributed by atoms with van der Waals surface area (Å²) in [7, 11) is 0. The van der Waals surface area contributed by atoms with Crippen LogP contribution in [0.5, 0.6) is 11.5 Å². The van der Waals surface area contributed by atoms with Gasteiger partial charge in [-0.2, -0.15) is 0 Å². The van der Waals surface area contributed by atoms with E-state index in [2.05, 4.69) is 10.3 Å². The van der Waals surface area contributed by atoms with E-state index in [1.54, 1.807) is 36.4 Å². The van der Waals surface area contributed by atoms with Gasteiger partial charge in [0, 0.05) is 11.9 Å². The number of aromatic nitrogens is 3. The van der Waals surface area contributed by atoms with E-state index in [0.29, 0.717) is 28.3 Å². The normalized spacial score (nSPS) is 12.2. The predicted octanol–water partition coefficient (Wildman–Crippen LogP) is 2.28. The van der Waals surface area contributed by atoms with Crippen LogP contribution in [0.1, 0.15) is 11.1 Å². The minimum Gasteiger partial charge on any atom is -0.454 e. The van der Waals surface area contributed by atoms with Crippen molar-refractivity contribution in [1.82, 2.24) is 14.1 Å². The van der Waals surface area contributed by atoms with Gasteiger partial charge in [-0.25, -0.2) is 9.78 Å². The van der Waals surface area contributed by atoms with E-state index >= 15 is 0 Å². The zero-order chi connectivity index (χ0) is 22.9. The molecule has 1 aliphatic heterocycles. The smallest absolute Gasteiger partial charge is 0.332 e. The maximum Gasteiger partial charge on any atom is 0.332 e. The Balaban J connectivity index is 1.54. The van der Waals surface area contributed by atoms with Gasteiger partial charge in [-0.3, -0.25) is 18.7 Å². The van der Waals surface area contributed by atoms with Crippen molar-refractivity contribution < 1.29 is 14.3 Å². The third-order valence-electron chi connectivity index (χ3n) is 5.49. The third kappa shape index (κ3) is 3.84. The lowest BCUT2D eigenvalue weighted by Gasteiger charge is -2.14. The third-order valence-corrected chi connectivity index (χ3v) is 5.49. The van der Waals surface area contributed by atoms with Crippen molar-refractivity contribution in [2.24, 2.45) is 0 Å². The molecule has 0 saturated heterocycles. The molecule has 0 bridgehead atoms. The Morgan fingerprint density at radius 2 is 1.85 bits per heavy atom. The van der Waals surface area contributed by atoms with E-state index in [9.17, 15) is 14.4 Å². The highest BCUT2D eigenvalue weighted by molar-refractivity contribution is 5.92. The predicted molar refractivity (Wildman–Crippen MR) is 122 cm³/mol. The number of hydrogen-bond acceptors (Lipinski definition) is 6. The monoisotopic (exact) mass is 444 g/mol. The number of para-hydroxylation sites is 1. The summed E-state index contributed by atoms with van der Waals surface area (Å²) in [6.45, 7) is 1.74. The van der Waals surface area contributed by atoms with E-state index in [0.717, 1.165) is 10.1 Å². The summed E-state index contributed by atoms with van der Waals surface area (Å²) in [6.07, 6.45) is 1.48. The van der Waals surface area contributed by atoms with E-state index in [4.69, 9.17) is 9.47 Å². The van der Waals surface area contributed by atoms with Crippen LogP contribution in [-0.2, 0) is 17.9 Å². The van der Waals surface area contributed by atoms with Gasteiger partial charge in [0.15, 0.2) is 17.0 Å². The number of nitrogens with zero attached hydrogens (tertiary/aromatic N) is 3. The fourth-order valence-corrected chi connectivity index (χ4v) is 3.80. The second kappa shape index (κ2) is 8.27. The molecule has 1 N–H and O–H groups in total. The van der Waals surface area contributed by atoms with Gasteiger partial charge in [-0.15, -0.1) is 0 Å². The molecule has 166 valence electrons. The van der Waals surface area contributed by atoms with Crippen LogP contribution in [0.3, 0.4) is 0 Å². The number of carbonyl (C=O) groups excluding carboxylic acids is 1. The Hall–Kier alpha value is -4.40. The summed E-state index contributed by atoms with van der Waals surface area (Å²) in [4.78, 5) is 43.4. The highest BCUT2D eigenvalue weighted by Crippen LogP contribution is 2.32. The summed E-state index contributed by atoms with van der Waals surface area (Å²) < 4.78 is 13.1. The number of anilines is 1. The van der Waals surface area contributed by atoms with Gasteiger partial charge in [0.1, 0.15) is 6.54 Å². The molecule has 0 saturated carbocycles. The highest BCUT2D eigenvalue weighted by atomic mass is 16.7. The highest BCUT2D eigenvalue weighted by Gasteiger charge is 2.18. The Labute approximate surface area is 187 Å². The van der Waals surface area contributed by atoms with Crippen LogP contribution < -0.4 is 26.0 Å². The van der Waals surface area contributed by atoms with Crippen LogP contribution in [0.4, 0.5) is 5.69 Å². The molecule has 0 spiro atoms. The molecule has 3 heterocycles. The SMILES string of the molecule is Cc1ccccc1NC(=O)Cn1c(=O)n(Cc2ccc3c(c2)OCO3)c(=O)c2ncccc21. The molecule has 1 aliphatic rings. The van der Waals surface area contributed by atoms with E-state index in [1.807, 2.05) is 25.1 Å². The van der Waals surface area contributed by atoms with Crippen molar-refractivity contribution in [3.63, 3.8) is 0 Å². The molecular weight excluding hydrogens is 424 g/mol. The topological polar surface area (TPSA) is 104 Å². The zero-order valence-electron chi connectivity index (χ0n) is 17.8. The van der Waals surface area contributed by atoms with Crippen molar-refractivity contribution in [2.45, 2.75) is 20.0 Å². The lowest BCUT2D eigenvalue weighted by molar-refractivity contribution is -0.116. The Kier molecular flexibility index (Phi) is 5.14. The lowest BCUT2D eigenvalue weighted by Crippen LogP contribution is -2.42. The molecule has 9 nitrogen and oxygen atoms in total. The molecule has 9 heteroatoms. The fraction of sp³-hybridized carbons (Fsp3) is 0.167. The van der Waals surface area contributed by atoms with Crippen LogP contribution >= 0.6 is 0 Å². The molecule has 33 heavy (non-hydrogen) atoms. The zero-order valence-corrected chi connectivity index (χ0v) is 17.8. The molecule has 0 aliphatic carbocycles. The molecule has 0 radical (unpaired) electrons. The second-order valence-corrected chi connectivity index (χ2v) is 7.68. The number of hydrogen-bond donors (Lipinski definition) is 1. The maximum absolute atomic E-state index is 13.4. The second-order valence-electron chi connectivity index (χ2n) is 7.68. The van der Waals surface area contributed by atoms with Crippen LogP contribution in [0.2, 0.25) is 0 Å². The molecule has 4 aromatic rings. The lowest BCUT2D eigenvalue weighted by atomic mass is 10.2. The first-order chi connectivity index (χ1) is 16.0. The standard InChI is InChI=1S/C24H20N4O5/c1-15-5-2-3-6-17(15)26-21(29)13-27-18-7-4-10-25-22(18)23(30)28(24(27)31)12-16-8-9-19-20(11-16)33-14-32-19/h2-11H,12-14H2,1H3,(H,26,29). The number of ether oxygens (including phenoxy) is 2. The first-order valence-electron chi connectivity index (χ1n) is 10.3. The Morgan fingerprint density at radius 1 is 1.03 bits per heavy atom. The van der Waals surface area contributed by atoms with E-state index in [1.165, 1.54) is 10.8 Å². The molecule has 1 amide bonds. The van der Waals surface area contributed by atoms with Crippen LogP contribution in [0.15, 0.2) is 70.4 Å². The number of pyridine rings is 1. The number of nitrogens with one attached hydrogen (secondary N) is 1. The van der Waals surface area contributed by atoms with Crippen molar-refractivity contribution in [3.05, 3.63) is 92.8 Å². The van der Waals surface area contributed by atoms with Gasteiger partial charge in [0.2, 0.25) is 12.7 Å². The molecule has 0 fully saturated rings. The first kappa shape index (κ1) is 20.5. The molecule has 2 aromatic carbocycles. The number of aryl methyl sites for hydroxylation is 1. The summed E-state index contributed by atoms with van der Waals surface area (Å²) in [5.74, 6) is 0.777. The van der Waals surface area contributed by atoms with Crippen molar-refractivity contribution >= 4 is 22.6 Å². The maximum atomic E-state index is 13.4. The summed E-state index contributed by atoms with van der Waals surface area (Å²) in [5, 5.41) is 2.83. The minimum absolute atomic E-state index is 0.000232. The summed E-state index contributed by atoms with van der Waals surface area (Å²) in [6, 6.07) is 15.8. The van der Waals surface area contributed by atoms with Gasteiger partial charge < -0.3 is 14.8 Å². The van der Waals surface area contributed by atoms with Crippen LogP contribution in [0, 0.1) is 6.92 Å². The number of carbonyl (C=O) groups is 1. The fourth-order valence-electron chi connectivity index (χ4n) is 3.80. The quantitative estimate of drug-likeness (QED) is 0.507. The molecule has 0 unspecified atom stereocenters. The molecular formula is C24H20N4O5.